The zero-order valence-electron chi connectivity index (χ0n) is 18.0. The number of carbonyl (C=O) groups is 3. The van der Waals surface area contributed by atoms with E-state index in [1.54, 1.807) is 19.0 Å². The molecule has 3 heterocycles. The number of piperidine rings is 1. The molecule has 2 spiro atoms. The van der Waals surface area contributed by atoms with Gasteiger partial charge in [0, 0.05) is 65.8 Å². The monoisotopic (exact) mass is 393 g/mol. The van der Waals surface area contributed by atoms with Crippen molar-refractivity contribution in [3.8, 4) is 0 Å². The molecule has 3 aliphatic rings. The molecule has 0 aromatic heterocycles. The van der Waals surface area contributed by atoms with Crippen LogP contribution in [0.2, 0.25) is 0 Å². The summed E-state index contributed by atoms with van der Waals surface area (Å²) in [7, 11) is 5.37. The number of hydrogen-bond acceptors (Lipinski definition) is 3. The fourth-order valence-electron chi connectivity index (χ4n) is 5.23. The summed E-state index contributed by atoms with van der Waals surface area (Å²) in [6.45, 7) is 7.91. The van der Waals surface area contributed by atoms with Crippen LogP contribution in [-0.2, 0) is 4.79 Å². The molecule has 1 unspecified atom stereocenters. The highest BCUT2D eigenvalue weighted by atomic mass is 16.2. The Labute approximate surface area is 168 Å². The molecule has 28 heavy (non-hydrogen) atoms. The predicted octanol–water partition coefficient (Wildman–Crippen LogP) is 1.28. The van der Waals surface area contributed by atoms with Gasteiger partial charge in [0.25, 0.3) is 0 Å². The van der Waals surface area contributed by atoms with Crippen LogP contribution in [0, 0.1) is 16.7 Å². The lowest BCUT2D eigenvalue weighted by Crippen LogP contribution is -2.55. The van der Waals surface area contributed by atoms with E-state index in [4.69, 9.17) is 0 Å². The number of hydrogen-bond donors (Lipinski definition) is 1. The fourth-order valence-corrected chi connectivity index (χ4v) is 5.23. The van der Waals surface area contributed by atoms with Gasteiger partial charge in [-0.3, -0.25) is 4.79 Å². The van der Waals surface area contributed by atoms with Crippen molar-refractivity contribution in [1.29, 1.82) is 0 Å². The van der Waals surface area contributed by atoms with Crippen molar-refractivity contribution in [2.24, 2.45) is 16.7 Å². The average Bonchev–Trinajstić information content (AvgIpc) is 3.12. The topological polar surface area (TPSA) is 76.2 Å². The van der Waals surface area contributed by atoms with Gasteiger partial charge in [-0.2, -0.15) is 0 Å². The summed E-state index contributed by atoms with van der Waals surface area (Å²) in [6.07, 6.45) is 2.32. The van der Waals surface area contributed by atoms with Gasteiger partial charge in [-0.05, 0) is 25.2 Å². The van der Waals surface area contributed by atoms with Crippen LogP contribution in [0.4, 0.5) is 9.59 Å². The number of amides is 5. The standard InChI is InChI=1S/C20H35N5O3/c1-15(2)12-21-17(27)24-10-6-19(7-11-24)13-25(18(28)22(3)4)14-20(19)8-9-23(5)16(20)26/h15H,6-14H2,1-5H3,(H,21,27). The molecular weight excluding hydrogens is 358 g/mol. The highest BCUT2D eigenvalue weighted by molar-refractivity contribution is 5.88. The summed E-state index contributed by atoms with van der Waals surface area (Å²) in [4.78, 5) is 45.5. The predicted molar refractivity (Wildman–Crippen MR) is 107 cm³/mol. The van der Waals surface area contributed by atoms with E-state index in [0.29, 0.717) is 38.6 Å². The van der Waals surface area contributed by atoms with Gasteiger partial charge in [0.15, 0.2) is 0 Å². The van der Waals surface area contributed by atoms with E-state index >= 15 is 0 Å². The van der Waals surface area contributed by atoms with E-state index in [2.05, 4.69) is 19.2 Å². The molecule has 3 aliphatic heterocycles. The van der Waals surface area contributed by atoms with Gasteiger partial charge in [0.1, 0.15) is 0 Å². The van der Waals surface area contributed by atoms with Crippen LogP contribution < -0.4 is 5.32 Å². The molecule has 8 nitrogen and oxygen atoms in total. The van der Waals surface area contributed by atoms with Gasteiger partial charge >= 0.3 is 12.1 Å². The summed E-state index contributed by atoms with van der Waals surface area (Å²) in [5, 5.41) is 2.99. The molecule has 0 aliphatic carbocycles. The Hall–Kier alpha value is -1.99. The van der Waals surface area contributed by atoms with Gasteiger partial charge in [-0.1, -0.05) is 13.8 Å². The first-order valence-corrected chi connectivity index (χ1v) is 10.4. The third-order valence-electron chi connectivity index (χ3n) is 6.92. The molecule has 1 N–H and O–H groups in total. The number of fused-ring (bicyclic) bond motifs is 1. The summed E-state index contributed by atoms with van der Waals surface area (Å²) < 4.78 is 0. The van der Waals surface area contributed by atoms with Crippen molar-refractivity contribution in [3.63, 3.8) is 0 Å². The Morgan fingerprint density at radius 3 is 2.21 bits per heavy atom. The Kier molecular flexibility index (Phi) is 5.51. The highest BCUT2D eigenvalue weighted by Crippen LogP contribution is 2.57. The Morgan fingerprint density at radius 2 is 1.71 bits per heavy atom. The average molecular weight is 394 g/mol. The summed E-state index contributed by atoms with van der Waals surface area (Å²) in [6, 6.07) is -0.0533. The maximum atomic E-state index is 13.2. The third kappa shape index (κ3) is 3.31. The van der Waals surface area contributed by atoms with Crippen LogP contribution in [0.5, 0.6) is 0 Å². The number of rotatable bonds is 2. The molecule has 3 saturated heterocycles. The number of nitrogens with one attached hydrogen (secondary N) is 1. The molecule has 1 atom stereocenters. The Bertz CT molecular complexity index is 642. The first-order valence-electron chi connectivity index (χ1n) is 10.4. The normalized spacial score (nSPS) is 26.6. The number of urea groups is 2. The van der Waals surface area contributed by atoms with Crippen molar-refractivity contribution in [1.82, 2.24) is 24.9 Å². The minimum Gasteiger partial charge on any atom is -0.345 e. The van der Waals surface area contributed by atoms with E-state index in [9.17, 15) is 14.4 Å². The molecule has 5 amide bonds. The SMILES string of the molecule is CC(C)CNC(=O)N1CCC2(CC1)CN(C(=O)N(C)C)CC21CCN(C)C1=O. The Morgan fingerprint density at radius 1 is 1.07 bits per heavy atom. The quantitative estimate of drug-likeness (QED) is 0.768. The summed E-state index contributed by atoms with van der Waals surface area (Å²) in [5.74, 6) is 0.578. The lowest BCUT2D eigenvalue weighted by Gasteiger charge is -2.46. The molecule has 0 radical (unpaired) electrons. The molecule has 0 aromatic rings. The van der Waals surface area contributed by atoms with Gasteiger partial charge in [0.05, 0.1) is 5.41 Å². The van der Waals surface area contributed by atoms with Gasteiger partial charge in [0.2, 0.25) is 5.91 Å². The molecule has 0 aromatic carbocycles. The second-order valence-electron chi connectivity index (χ2n) is 9.44. The van der Waals surface area contributed by atoms with Crippen LogP contribution in [0.3, 0.4) is 0 Å². The second-order valence-corrected chi connectivity index (χ2v) is 9.44. The summed E-state index contributed by atoms with van der Waals surface area (Å²) in [5.41, 5.74) is -0.747. The van der Waals surface area contributed by atoms with E-state index in [1.807, 2.05) is 21.7 Å². The first-order chi connectivity index (χ1) is 13.1. The maximum absolute atomic E-state index is 13.2. The highest BCUT2D eigenvalue weighted by Gasteiger charge is 2.65. The maximum Gasteiger partial charge on any atom is 0.319 e. The van der Waals surface area contributed by atoms with Crippen LogP contribution >= 0.6 is 0 Å². The van der Waals surface area contributed by atoms with Gasteiger partial charge in [-0.25, -0.2) is 9.59 Å². The molecule has 3 fully saturated rings. The van der Waals surface area contributed by atoms with Gasteiger partial charge in [-0.15, -0.1) is 0 Å². The van der Waals surface area contributed by atoms with Crippen molar-refractivity contribution >= 4 is 18.0 Å². The smallest absolute Gasteiger partial charge is 0.319 e. The Balaban J connectivity index is 1.78. The number of carbonyl (C=O) groups excluding carboxylic acids is 3. The molecule has 0 bridgehead atoms. The molecule has 3 rings (SSSR count). The van der Waals surface area contributed by atoms with Crippen molar-refractivity contribution in [2.75, 3.05) is 60.4 Å². The first kappa shape index (κ1) is 20.7. The van der Waals surface area contributed by atoms with Crippen LogP contribution in [0.25, 0.3) is 0 Å². The minimum atomic E-state index is -0.506. The third-order valence-corrected chi connectivity index (χ3v) is 6.92. The number of nitrogens with zero attached hydrogens (tertiary/aromatic N) is 4. The second kappa shape index (κ2) is 7.44. The van der Waals surface area contributed by atoms with E-state index < -0.39 is 5.41 Å². The van der Waals surface area contributed by atoms with Crippen molar-refractivity contribution in [3.05, 3.63) is 0 Å². The van der Waals surface area contributed by atoms with E-state index in [0.717, 1.165) is 25.8 Å². The lowest BCUT2D eigenvalue weighted by atomic mass is 9.60. The molecule has 158 valence electrons. The summed E-state index contributed by atoms with van der Waals surface area (Å²) >= 11 is 0. The minimum absolute atomic E-state index is 0.0216. The zero-order valence-corrected chi connectivity index (χ0v) is 18.0. The number of likely N-dealkylation sites (tertiary alicyclic amines) is 3. The van der Waals surface area contributed by atoms with Crippen LogP contribution in [-0.4, -0.2) is 98.0 Å². The lowest BCUT2D eigenvalue weighted by molar-refractivity contribution is -0.141. The van der Waals surface area contributed by atoms with Crippen LogP contribution in [0.1, 0.15) is 33.1 Å². The van der Waals surface area contributed by atoms with E-state index in [1.165, 1.54) is 0 Å². The van der Waals surface area contributed by atoms with Crippen molar-refractivity contribution < 1.29 is 14.4 Å². The van der Waals surface area contributed by atoms with Gasteiger partial charge < -0.3 is 24.9 Å². The fraction of sp³-hybridized carbons (Fsp3) is 0.850. The van der Waals surface area contributed by atoms with E-state index in [-0.39, 0.29) is 23.4 Å². The van der Waals surface area contributed by atoms with Crippen LogP contribution in [0.15, 0.2) is 0 Å². The zero-order chi connectivity index (χ0) is 20.7. The molecule has 8 heteroatoms. The largest absolute Gasteiger partial charge is 0.345 e. The molecule has 0 saturated carbocycles. The van der Waals surface area contributed by atoms with Crippen molar-refractivity contribution in [2.45, 2.75) is 33.1 Å². The molecular formula is C20H35N5O3.